The van der Waals surface area contributed by atoms with Crippen LogP contribution in [0, 0.1) is 10.1 Å². The van der Waals surface area contributed by atoms with Crippen LogP contribution in [0.25, 0.3) is 0 Å². The molecule has 2 atom stereocenters. The molecule has 0 saturated heterocycles. The molecule has 0 radical (unpaired) electrons. The normalized spacial score (nSPS) is 23.2. The van der Waals surface area contributed by atoms with Gasteiger partial charge in [0.25, 0.3) is 5.69 Å². The minimum absolute atomic E-state index is 0.0393. The number of pyridine rings is 1. The summed E-state index contributed by atoms with van der Waals surface area (Å²) in [5.41, 5.74) is -0.0618. The van der Waals surface area contributed by atoms with Gasteiger partial charge in [-0.15, -0.1) is 0 Å². The highest BCUT2D eigenvalue weighted by molar-refractivity contribution is 7.91. The lowest BCUT2D eigenvalue weighted by Gasteiger charge is -2.28. The molecule has 110 valence electrons. The van der Waals surface area contributed by atoms with Gasteiger partial charge in [-0.1, -0.05) is 6.42 Å². The molecule has 20 heavy (non-hydrogen) atoms. The Morgan fingerprint density at radius 2 is 2.15 bits per heavy atom. The molecule has 0 unspecified atom stereocenters. The number of nitrogens with zero attached hydrogens (tertiary/aromatic N) is 2. The van der Waals surface area contributed by atoms with Gasteiger partial charge in [0.05, 0.1) is 10.2 Å². The van der Waals surface area contributed by atoms with Crippen molar-refractivity contribution in [2.75, 3.05) is 11.6 Å². The van der Waals surface area contributed by atoms with Crippen LogP contribution < -0.4 is 5.32 Å². The van der Waals surface area contributed by atoms with Crippen molar-refractivity contribution in [1.82, 2.24) is 4.98 Å². The second kappa shape index (κ2) is 5.74. The van der Waals surface area contributed by atoms with E-state index in [4.69, 9.17) is 0 Å². The molecule has 1 aromatic heterocycles. The van der Waals surface area contributed by atoms with Crippen molar-refractivity contribution >= 4 is 21.3 Å². The van der Waals surface area contributed by atoms with Crippen LogP contribution in [0.15, 0.2) is 18.3 Å². The molecule has 2 rings (SSSR count). The first-order chi connectivity index (χ1) is 9.36. The largest absolute Gasteiger partial charge is 0.367 e. The van der Waals surface area contributed by atoms with Crippen molar-refractivity contribution in [3.05, 3.63) is 28.4 Å². The maximum atomic E-state index is 11.6. The van der Waals surface area contributed by atoms with Gasteiger partial charge in [-0.3, -0.25) is 10.1 Å². The molecule has 1 aliphatic rings. The van der Waals surface area contributed by atoms with Crippen molar-refractivity contribution < 1.29 is 13.3 Å². The van der Waals surface area contributed by atoms with E-state index in [9.17, 15) is 18.5 Å². The van der Waals surface area contributed by atoms with Crippen LogP contribution in [0.3, 0.4) is 0 Å². The van der Waals surface area contributed by atoms with Gasteiger partial charge in [-0.2, -0.15) is 0 Å². The Morgan fingerprint density at radius 3 is 2.70 bits per heavy atom. The molecule has 0 aliphatic heterocycles. The summed E-state index contributed by atoms with van der Waals surface area (Å²) < 4.78 is 23.2. The number of anilines is 1. The highest BCUT2D eigenvalue weighted by Crippen LogP contribution is 2.26. The number of rotatable bonds is 4. The van der Waals surface area contributed by atoms with Crippen LogP contribution in [0.4, 0.5) is 11.5 Å². The standard InChI is InChI=1S/C12H17N3O4S/c1-20(18,19)11-4-2-3-9(7-11)14-12-6-5-10(8-13-12)15(16)17/h5-6,8-9,11H,2-4,7H2,1H3,(H,13,14)/t9-,11-/m0/s1. The topological polar surface area (TPSA) is 102 Å². The lowest BCUT2D eigenvalue weighted by molar-refractivity contribution is -0.385. The predicted octanol–water partition coefficient (Wildman–Crippen LogP) is 1.76. The van der Waals surface area contributed by atoms with E-state index in [0.717, 1.165) is 12.8 Å². The minimum Gasteiger partial charge on any atom is -0.367 e. The Labute approximate surface area is 117 Å². The zero-order chi connectivity index (χ0) is 14.8. The van der Waals surface area contributed by atoms with Gasteiger partial charge < -0.3 is 5.32 Å². The molecule has 1 heterocycles. The van der Waals surface area contributed by atoms with E-state index in [1.807, 2.05) is 0 Å². The van der Waals surface area contributed by atoms with Crippen molar-refractivity contribution in [3.63, 3.8) is 0 Å². The molecule has 0 amide bonds. The molecular formula is C12H17N3O4S. The lowest BCUT2D eigenvalue weighted by Crippen LogP contribution is -2.34. The van der Waals surface area contributed by atoms with Gasteiger partial charge in [0.15, 0.2) is 0 Å². The first-order valence-corrected chi connectivity index (χ1v) is 8.37. The summed E-state index contributed by atoms with van der Waals surface area (Å²) in [4.78, 5) is 14.0. The summed E-state index contributed by atoms with van der Waals surface area (Å²) >= 11 is 0. The number of aromatic nitrogens is 1. The van der Waals surface area contributed by atoms with Crippen molar-refractivity contribution in [2.24, 2.45) is 0 Å². The fourth-order valence-electron chi connectivity index (χ4n) is 2.45. The third kappa shape index (κ3) is 3.66. The van der Waals surface area contributed by atoms with E-state index in [0.29, 0.717) is 18.7 Å². The third-order valence-corrected chi connectivity index (χ3v) is 5.18. The summed E-state index contributed by atoms with van der Waals surface area (Å²) in [6.45, 7) is 0. The van der Waals surface area contributed by atoms with Gasteiger partial charge >= 0.3 is 0 Å². The maximum absolute atomic E-state index is 11.6. The molecule has 1 saturated carbocycles. The van der Waals surface area contributed by atoms with Crippen LogP contribution in [-0.4, -0.2) is 35.9 Å². The second-order valence-electron chi connectivity index (χ2n) is 5.12. The number of hydrogen-bond acceptors (Lipinski definition) is 6. The summed E-state index contributed by atoms with van der Waals surface area (Å²) in [7, 11) is -3.02. The predicted molar refractivity (Wildman–Crippen MR) is 75.4 cm³/mol. The molecule has 0 spiro atoms. The van der Waals surface area contributed by atoms with Crippen LogP contribution >= 0.6 is 0 Å². The minimum atomic E-state index is -3.02. The molecule has 1 fully saturated rings. The highest BCUT2D eigenvalue weighted by atomic mass is 32.2. The average Bonchev–Trinajstić information content (AvgIpc) is 2.38. The number of nitro groups is 1. The first-order valence-electron chi connectivity index (χ1n) is 6.42. The van der Waals surface area contributed by atoms with Gasteiger partial charge in [0, 0.05) is 18.4 Å². The van der Waals surface area contributed by atoms with Crippen molar-refractivity contribution in [3.8, 4) is 0 Å². The third-order valence-electron chi connectivity index (χ3n) is 3.54. The van der Waals surface area contributed by atoms with Crippen LogP contribution in [0.2, 0.25) is 0 Å². The summed E-state index contributed by atoms with van der Waals surface area (Å²) in [6.07, 6.45) is 5.44. The van der Waals surface area contributed by atoms with E-state index in [1.165, 1.54) is 18.5 Å². The highest BCUT2D eigenvalue weighted by Gasteiger charge is 2.28. The molecule has 1 aromatic rings. The van der Waals surface area contributed by atoms with E-state index in [-0.39, 0.29) is 17.0 Å². The van der Waals surface area contributed by atoms with E-state index < -0.39 is 14.8 Å². The smallest absolute Gasteiger partial charge is 0.287 e. The van der Waals surface area contributed by atoms with Gasteiger partial charge in [-0.05, 0) is 25.3 Å². The second-order valence-corrected chi connectivity index (χ2v) is 7.44. The van der Waals surface area contributed by atoms with Crippen molar-refractivity contribution in [2.45, 2.75) is 37.0 Å². The summed E-state index contributed by atoms with van der Waals surface area (Å²) in [5, 5.41) is 13.4. The fourth-order valence-corrected chi connectivity index (χ4v) is 3.63. The van der Waals surface area contributed by atoms with Crippen LogP contribution in [-0.2, 0) is 9.84 Å². The molecule has 0 aromatic carbocycles. The van der Waals surface area contributed by atoms with Gasteiger partial charge in [-0.25, -0.2) is 13.4 Å². The molecule has 8 heteroatoms. The molecule has 1 N–H and O–H groups in total. The Hall–Kier alpha value is -1.70. The van der Waals surface area contributed by atoms with E-state index >= 15 is 0 Å². The maximum Gasteiger partial charge on any atom is 0.287 e. The fraction of sp³-hybridized carbons (Fsp3) is 0.583. The zero-order valence-electron chi connectivity index (χ0n) is 11.2. The monoisotopic (exact) mass is 299 g/mol. The number of nitrogens with one attached hydrogen (secondary N) is 1. The number of sulfone groups is 1. The zero-order valence-corrected chi connectivity index (χ0v) is 12.0. The Balaban J connectivity index is 2.01. The van der Waals surface area contributed by atoms with E-state index in [2.05, 4.69) is 10.3 Å². The van der Waals surface area contributed by atoms with E-state index in [1.54, 1.807) is 6.07 Å². The number of hydrogen-bond donors (Lipinski definition) is 1. The quantitative estimate of drug-likeness (QED) is 0.671. The molecule has 0 bridgehead atoms. The molecule has 7 nitrogen and oxygen atoms in total. The Bertz CT molecular complexity index is 585. The molecule has 1 aliphatic carbocycles. The summed E-state index contributed by atoms with van der Waals surface area (Å²) in [5.74, 6) is 0.537. The SMILES string of the molecule is CS(=O)(=O)[C@H]1CCC[C@H](Nc2ccc([N+](=O)[O-])cn2)C1. The molecular weight excluding hydrogens is 282 g/mol. The van der Waals surface area contributed by atoms with Crippen LogP contribution in [0.5, 0.6) is 0 Å². The van der Waals surface area contributed by atoms with Crippen molar-refractivity contribution in [1.29, 1.82) is 0 Å². The average molecular weight is 299 g/mol. The Morgan fingerprint density at radius 1 is 1.40 bits per heavy atom. The van der Waals surface area contributed by atoms with Crippen LogP contribution in [0.1, 0.15) is 25.7 Å². The lowest BCUT2D eigenvalue weighted by atomic mass is 9.95. The summed E-state index contributed by atoms with van der Waals surface area (Å²) in [6, 6.07) is 2.96. The van der Waals surface area contributed by atoms with Gasteiger partial charge in [0.1, 0.15) is 21.9 Å². The Kier molecular flexibility index (Phi) is 4.22. The van der Waals surface area contributed by atoms with Gasteiger partial charge in [0.2, 0.25) is 0 Å². The first kappa shape index (κ1) is 14.7.